The molecule has 0 aromatic heterocycles. The molecule has 0 saturated heterocycles. The molecule has 1 nitrogen and oxygen atoms in total. The smallest absolute Gasteiger partial charge is 0.0510 e. The summed E-state index contributed by atoms with van der Waals surface area (Å²) >= 11 is 0. The Labute approximate surface area is 148 Å². The summed E-state index contributed by atoms with van der Waals surface area (Å²) in [6, 6.07) is 0. The van der Waals surface area contributed by atoms with Crippen LogP contribution in [-0.2, 0) is 0 Å². The van der Waals surface area contributed by atoms with Crippen molar-refractivity contribution in [2.24, 2.45) is 4.99 Å². The van der Waals surface area contributed by atoms with E-state index >= 15 is 0 Å². The molecule has 0 aromatic rings. The minimum atomic E-state index is 0.839. The first-order chi connectivity index (χ1) is 11.5. The van der Waals surface area contributed by atoms with Gasteiger partial charge in [0.15, 0.2) is 0 Å². The van der Waals surface area contributed by atoms with Gasteiger partial charge in [-0.05, 0) is 45.6 Å². The van der Waals surface area contributed by atoms with Gasteiger partial charge in [-0.3, -0.25) is 4.99 Å². The van der Waals surface area contributed by atoms with Crippen LogP contribution in [0.5, 0.6) is 0 Å². The van der Waals surface area contributed by atoms with Crippen LogP contribution in [0.15, 0.2) is 88.7 Å². The average Bonchev–Trinajstić information content (AvgIpc) is 2.70. The molecule has 0 heterocycles. The molecular weight excluding hydrogens is 290 g/mol. The zero-order valence-corrected chi connectivity index (χ0v) is 15.7. The van der Waals surface area contributed by atoms with Crippen LogP contribution in [0, 0.1) is 0 Å². The molecule has 0 unspecified atom stereocenters. The van der Waals surface area contributed by atoms with Gasteiger partial charge in [0, 0.05) is 12.1 Å². The molecule has 0 saturated carbocycles. The van der Waals surface area contributed by atoms with Crippen molar-refractivity contribution in [3.63, 3.8) is 0 Å². The predicted octanol–water partition coefficient (Wildman–Crippen LogP) is 7.04. The Balaban J connectivity index is 2.67. The normalized spacial score (nSPS) is 18.2. The number of nitrogens with zero attached hydrogens (tertiary/aromatic N) is 1. The maximum atomic E-state index is 4.83. The van der Waals surface area contributed by atoms with Gasteiger partial charge in [-0.25, -0.2) is 0 Å². The highest BCUT2D eigenvalue weighted by Gasteiger charge is 2.06. The zero-order valence-electron chi connectivity index (χ0n) is 15.7. The van der Waals surface area contributed by atoms with Crippen molar-refractivity contribution in [1.29, 1.82) is 0 Å². The van der Waals surface area contributed by atoms with E-state index in [1.807, 2.05) is 6.92 Å². The maximum absolute atomic E-state index is 4.83. The lowest BCUT2D eigenvalue weighted by Gasteiger charge is -2.07. The first kappa shape index (κ1) is 19.9. The molecule has 0 atom stereocenters. The highest BCUT2D eigenvalue weighted by molar-refractivity contribution is 6.04. The van der Waals surface area contributed by atoms with E-state index in [1.54, 1.807) is 0 Å². The predicted molar refractivity (Wildman–Crippen MR) is 109 cm³/mol. The van der Waals surface area contributed by atoms with E-state index in [0.717, 1.165) is 48.2 Å². The van der Waals surface area contributed by atoms with Gasteiger partial charge in [-0.15, -0.1) is 0 Å². The van der Waals surface area contributed by atoms with Crippen molar-refractivity contribution in [1.82, 2.24) is 0 Å². The van der Waals surface area contributed by atoms with Gasteiger partial charge in [0.2, 0.25) is 0 Å². The third kappa shape index (κ3) is 7.41. The Hall–Kier alpha value is -2.15. The molecular formula is C23H31N. The van der Waals surface area contributed by atoms with E-state index in [-0.39, 0.29) is 0 Å². The first-order valence-electron chi connectivity index (χ1n) is 8.75. The molecule has 0 radical (unpaired) electrons. The fourth-order valence-electron chi connectivity index (χ4n) is 2.46. The fourth-order valence-corrected chi connectivity index (χ4v) is 2.46. The molecule has 1 aliphatic carbocycles. The van der Waals surface area contributed by atoms with Crippen LogP contribution in [-0.4, -0.2) is 5.71 Å². The summed E-state index contributed by atoms with van der Waals surface area (Å²) in [7, 11) is 0. The number of hydrogen-bond acceptors (Lipinski definition) is 1. The largest absolute Gasteiger partial charge is 0.257 e. The van der Waals surface area contributed by atoms with Gasteiger partial charge in [0.1, 0.15) is 0 Å². The second-order valence-electron chi connectivity index (χ2n) is 6.21. The molecule has 0 fully saturated rings. The SMILES string of the molecule is C=C(/C=C\C(C)=C/CC)CC/C(=C/C)N=C1CC=CC(C)=CC1=C. The molecule has 0 aliphatic heterocycles. The minimum Gasteiger partial charge on any atom is -0.257 e. The van der Waals surface area contributed by atoms with Gasteiger partial charge in [-0.2, -0.15) is 0 Å². The van der Waals surface area contributed by atoms with Crippen molar-refractivity contribution in [2.45, 2.75) is 53.4 Å². The summed E-state index contributed by atoms with van der Waals surface area (Å²) < 4.78 is 0. The molecule has 1 heteroatoms. The Kier molecular flexibility index (Phi) is 8.78. The van der Waals surface area contributed by atoms with Gasteiger partial charge < -0.3 is 0 Å². The molecule has 0 amide bonds. The minimum absolute atomic E-state index is 0.839. The molecule has 1 rings (SSSR count). The van der Waals surface area contributed by atoms with Crippen LogP contribution >= 0.6 is 0 Å². The summed E-state index contributed by atoms with van der Waals surface area (Å²) in [6.45, 7) is 16.7. The van der Waals surface area contributed by atoms with Gasteiger partial charge >= 0.3 is 0 Å². The monoisotopic (exact) mass is 321 g/mol. The highest BCUT2D eigenvalue weighted by Crippen LogP contribution is 2.18. The lowest BCUT2D eigenvalue weighted by Crippen LogP contribution is -1.99. The summed E-state index contributed by atoms with van der Waals surface area (Å²) in [5.41, 5.74) is 6.81. The Morgan fingerprint density at radius 3 is 2.71 bits per heavy atom. The van der Waals surface area contributed by atoms with Gasteiger partial charge in [0.25, 0.3) is 0 Å². The summed E-state index contributed by atoms with van der Waals surface area (Å²) in [4.78, 5) is 4.83. The van der Waals surface area contributed by atoms with Crippen LogP contribution in [0.4, 0.5) is 0 Å². The number of hydrogen-bond donors (Lipinski definition) is 0. The highest BCUT2D eigenvalue weighted by atomic mass is 14.8. The fraction of sp³-hybridized carbons (Fsp3) is 0.348. The zero-order chi connectivity index (χ0) is 17.9. The van der Waals surface area contributed by atoms with Crippen molar-refractivity contribution in [2.75, 3.05) is 0 Å². The van der Waals surface area contributed by atoms with Gasteiger partial charge in [0.05, 0.1) is 5.71 Å². The maximum Gasteiger partial charge on any atom is 0.0510 e. The molecule has 24 heavy (non-hydrogen) atoms. The van der Waals surface area contributed by atoms with Gasteiger partial charge in [-0.1, -0.05) is 79.3 Å². The van der Waals surface area contributed by atoms with E-state index in [0.29, 0.717) is 0 Å². The standard InChI is InChI=1S/C23H31N/c1-7-10-18(3)13-14-19(4)15-16-22(8-2)24-23-12-9-11-20(5)17-21(23)6/h8-11,13-14,17H,4,6-7,12,15-16H2,1-3,5H3/b14-13-,18-10-,22-8-,24-23?. The van der Waals surface area contributed by atoms with E-state index in [1.165, 1.54) is 11.1 Å². The Morgan fingerprint density at radius 1 is 1.29 bits per heavy atom. The lowest BCUT2D eigenvalue weighted by molar-refractivity contribution is 0.929. The van der Waals surface area contributed by atoms with E-state index in [9.17, 15) is 0 Å². The van der Waals surface area contributed by atoms with E-state index < -0.39 is 0 Å². The summed E-state index contributed by atoms with van der Waals surface area (Å²) in [5.74, 6) is 0. The number of allylic oxidation sites excluding steroid dienone is 12. The summed E-state index contributed by atoms with van der Waals surface area (Å²) in [5, 5.41) is 0. The molecule has 0 aromatic carbocycles. The molecule has 0 bridgehead atoms. The van der Waals surface area contributed by atoms with Crippen LogP contribution in [0.1, 0.15) is 53.4 Å². The number of rotatable bonds is 7. The second kappa shape index (κ2) is 10.6. The van der Waals surface area contributed by atoms with Crippen LogP contribution in [0.25, 0.3) is 0 Å². The van der Waals surface area contributed by atoms with Crippen molar-refractivity contribution in [3.05, 3.63) is 83.7 Å². The molecule has 128 valence electrons. The molecule has 1 aliphatic rings. The average molecular weight is 322 g/mol. The van der Waals surface area contributed by atoms with Crippen LogP contribution in [0.2, 0.25) is 0 Å². The second-order valence-corrected chi connectivity index (χ2v) is 6.21. The third-order valence-corrected chi connectivity index (χ3v) is 3.89. The Bertz CT molecular complexity index is 646. The van der Waals surface area contributed by atoms with Crippen LogP contribution in [0.3, 0.4) is 0 Å². The quantitative estimate of drug-likeness (QED) is 0.446. The molecule has 0 N–H and O–H groups in total. The topological polar surface area (TPSA) is 12.4 Å². The van der Waals surface area contributed by atoms with E-state index in [4.69, 9.17) is 4.99 Å². The van der Waals surface area contributed by atoms with E-state index in [2.05, 4.69) is 76.5 Å². The van der Waals surface area contributed by atoms with Crippen LogP contribution < -0.4 is 0 Å². The Morgan fingerprint density at radius 2 is 2.04 bits per heavy atom. The van der Waals surface area contributed by atoms with Crippen molar-refractivity contribution in [3.8, 4) is 0 Å². The van der Waals surface area contributed by atoms with Crippen molar-refractivity contribution < 1.29 is 0 Å². The first-order valence-corrected chi connectivity index (χ1v) is 8.75. The third-order valence-electron chi connectivity index (χ3n) is 3.89. The summed E-state index contributed by atoms with van der Waals surface area (Å²) in [6.07, 6.45) is 18.7. The molecule has 0 spiro atoms. The lowest BCUT2D eigenvalue weighted by atomic mass is 10.1. The van der Waals surface area contributed by atoms with Crippen molar-refractivity contribution >= 4 is 5.71 Å². The number of aliphatic imine (C=N–C) groups is 1.